The van der Waals surface area contributed by atoms with Crippen molar-refractivity contribution in [1.82, 2.24) is 29.5 Å². The van der Waals surface area contributed by atoms with Crippen molar-refractivity contribution in [1.29, 1.82) is 0 Å². The highest BCUT2D eigenvalue weighted by Crippen LogP contribution is 2.38. The van der Waals surface area contributed by atoms with Crippen LogP contribution < -0.4 is 15.4 Å². The van der Waals surface area contributed by atoms with Crippen LogP contribution in [-0.4, -0.2) is 76.2 Å². The number of likely N-dealkylation sites (N-methyl/N-ethyl adjacent to an activating group) is 1. The van der Waals surface area contributed by atoms with E-state index in [0.29, 0.717) is 28.8 Å². The predicted octanol–water partition coefficient (Wildman–Crippen LogP) is 5.64. The molecule has 1 fully saturated rings. The van der Waals surface area contributed by atoms with E-state index < -0.39 is 0 Å². The Morgan fingerprint density at radius 2 is 1.81 bits per heavy atom. The first-order valence-corrected chi connectivity index (χ1v) is 15.7. The number of benzene rings is 2. The molecule has 2 aromatic heterocycles. The van der Waals surface area contributed by atoms with Crippen LogP contribution >= 0.6 is 23.3 Å². The number of carbonyl (C=O) groups excluding carboxylic acids is 2. The summed E-state index contributed by atoms with van der Waals surface area (Å²) in [6.07, 6.45) is 3.38. The normalized spacial score (nSPS) is 13.6. The largest absolute Gasteiger partial charge is 0.456 e. The summed E-state index contributed by atoms with van der Waals surface area (Å²) in [5.74, 6) is 2.99. The number of amides is 2. The van der Waals surface area contributed by atoms with Gasteiger partial charge in [-0.05, 0) is 63.3 Å². The summed E-state index contributed by atoms with van der Waals surface area (Å²) in [5.41, 5.74) is 0.608. The van der Waals surface area contributed by atoms with Crippen LogP contribution in [0.2, 0.25) is 0 Å². The van der Waals surface area contributed by atoms with Crippen molar-refractivity contribution >= 4 is 46.1 Å². The van der Waals surface area contributed by atoms with Gasteiger partial charge in [-0.3, -0.25) is 9.59 Å². The smallest absolute Gasteiger partial charge is 0.251 e. The molecule has 5 rings (SSSR count). The minimum absolute atomic E-state index is 0.0975. The number of nitrogens with one attached hydrogen (secondary N) is 2. The van der Waals surface area contributed by atoms with Gasteiger partial charge in [-0.1, -0.05) is 30.0 Å². The van der Waals surface area contributed by atoms with E-state index in [1.165, 1.54) is 23.3 Å². The Balaban J connectivity index is 1.31. The van der Waals surface area contributed by atoms with E-state index in [1.807, 2.05) is 84.6 Å². The Hall–Kier alpha value is -4.00. The molecule has 2 amide bonds. The number of rotatable bonds is 11. The summed E-state index contributed by atoms with van der Waals surface area (Å²) in [6, 6.07) is 19.0. The van der Waals surface area contributed by atoms with E-state index in [2.05, 4.69) is 20.0 Å². The standard InChI is InChI=1S/C31H35N7O3S2/c1-21(39)38-16-13-22(14-17-38)28-34-31(43-36-28)35-29-27(19-25(20-33-29)41-24-7-5-4-6-8-24)42-26-11-9-23(10-12-26)30(40)32-15-18-37(2)3/h4-12,19-20,22H,13-18H2,1-3H3,(H,32,40)(H,33,34,35,36). The van der Waals surface area contributed by atoms with Gasteiger partial charge in [0.15, 0.2) is 0 Å². The third-order valence-electron chi connectivity index (χ3n) is 6.97. The van der Waals surface area contributed by atoms with Gasteiger partial charge in [-0.2, -0.15) is 4.37 Å². The van der Waals surface area contributed by atoms with Crippen LogP contribution in [0.1, 0.15) is 41.9 Å². The van der Waals surface area contributed by atoms with Crippen LogP contribution in [0, 0.1) is 0 Å². The SMILES string of the molecule is CC(=O)N1CCC(c2nsc(Nc3ncc(Oc4ccccc4)cc3Sc3ccc(C(=O)NCCN(C)C)cc3)n2)CC1. The van der Waals surface area contributed by atoms with E-state index in [4.69, 9.17) is 9.72 Å². The van der Waals surface area contributed by atoms with Crippen LogP contribution in [0.15, 0.2) is 76.7 Å². The molecule has 0 aliphatic carbocycles. The van der Waals surface area contributed by atoms with Gasteiger partial charge in [0.25, 0.3) is 5.91 Å². The molecule has 0 saturated carbocycles. The van der Waals surface area contributed by atoms with E-state index >= 15 is 0 Å². The van der Waals surface area contributed by atoms with E-state index in [1.54, 1.807) is 13.1 Å². The molecule has 1 aliphatic heterocycles. The molecule has 0 bridgehead atoms. The van der Waals surface area contributed by atoms with E-state index in [9.17, 15) is 9.59 Å². The molecule has 4 aromatic rings. The fourth-order valence-corrected chi connectivity index (χ4v) is 6.13. The number of aromatic nitrogens is 3. The topological polar surface area (TPSA) is 113 Å². The second-order valence-electron chi connectivity index (χ2n) is 10.5. The molecule has 12 heteroatoms. The minimum Gasteiger partial charge on any atom is -0.456 e. The number of pyridine rings is 1. The Kier molecular flexibility index (Phi) is 10.2. The lowest BCUT2D eigenvalue weighted by Crippen LogP contribution is -2.36. The van der Waals surface area contributed by atoms with Crippen molar-refractivity contribution in [2.75, 3.05) is 45.6 Å². The average molecular weight is 618 g/mol. The highest BCUT2D eigenvalue weighted by molar-refractivity contribution is 7.99. The molecule has 2 aromatic carbocycles. The molecular formula is C31H35N7O3S2. The summed E-state index contributed by atoms with van der Waals surface area (Å²) in [6.45, 7) is 4.43. The van der Waals surface area contributed by atoms with Crippen molar-refractivity contribution < 1.29 is 14.3 Å². The monoisotopic (exact) mass is 617 g/mol. The Morgan fingerprint density at radius 3 is 2.51 bits per heavy atom. The van der Waals surface area contributed by atoms with Gasteiger partial charge < -0.3 is 25.2 Å². The number of hydrogen-bond donors (Lipinski definition) is 2. The third kappa shape index (κ3) is 8.53. The lowest BCUT2D eigenvalue weighted by atomic mass is 9.96. The number of para-hydroxylation sites is 1. The van der Waals surface area contributed by atoms with E-state index in [-0.39, 0.29) is 17.7 Å². The van der Waals surface area contributed by atoms with Crippen LogP contribution in [-0.2, 0) is 4.79 Å². The Bertz CT molecular complexity index is 1520. The number of piperidine rings is 1. The molecule has 2 N–H and O–H groups in total. The third-order valence-corrected chi connectivity index (χ3v) is 8.65. The first-order valence-electron chi connectivity index (χ1n) is 14.1. The molecule has 224 valence electrons. The summed E-state index contributed by atoms with van der Waals surface area (Å²) in [5, 5.41) is 6.96. The van der Waals surface area contributed by atoms with Crippen molar-refractivity contribution in [3.05, 3.63) is 78.2 Å². The Morgan fingerprint density at radius 1 is 1.07 bits per heavy atom. The van der Waals surface area contributed by atoms with Crippen LogP contribution in [0.5, 0.6) is 11.5 Å². The van der Waals surface area contributed by atoms with Crippen molar-refractivity contribution in [2.45, 2.75) is 35.5 Å². The zero-order valence-electron chi connectivity index (χ0n) is 24.4. The second-order valence-corrected chi connectivity index (χ2v) is 12.3. The fourth-order valence-electron chi connectivity index (χ4n) is 4.58. The molecule has 43 heavy (non-hydrogen) atoms. The van der Waals surface area contributed by atoms with Crippen LogP contribution in [0.4, 0.5) is 10.9 Å². The van der Waals surface area contributed by atoms with Gasteiger partial charge in [0.05, 0.1) is 11.1 Å². The van der Waals surface area contributed by atoms with Gasteiger partial charge in [-0.15, -0.1) is 0 Å². The van der Waals surface area contributed by atoms with Crippen LogP contribution in [0.3, 0.4) is 0 Å². The fraction of sp³-hybridized carbons (Fsp3) is 0.323. The number of anilines is 2. The molecule has 0 unspecified atom stereocenters. The van der Waals surface area contributed by atoms with Crippen LogP contribution in [0.25, 0.3) is 0 Å². The second kappa shape index (κ2) is 14.5. The maximum absolute atomic E-state index is 12.5. The van der Waals surface area contributed by atoms with Crippen molar-refractivity contribution in [2.24, 2.45) is 0 Å². The summed E-state index contributed by atoms with van der Waals surface area (Å²) in [7, 11) is 3.95. The zero-order chi connectivity index (χ0) is 30.2. The highest BCUT2D eigenvalue weighted by atomic mass is 32.2. The molecule has 1 aliphatic rings. The van der Waals surface area contributed by atoms with Crippen molar-refractivity contribution in [3.63, 3.8) is 0 Å². The van der Waals surface area contributed by atoms with Gasteiger partial charge >= 0.3 is 0 Å². The first-order chi connectivity index (χ1) is 20.8. The number of likely N-dealkylation sites (tertiary alicyclic amines) is 1. The van der Waals surface area contributed by atoms with E-state index in [0.717, 1.165) is 53.8 Å². The van der Waals surface area contributed by atoms with Gasteiger partial charge in [-0.25, -0.2) is 9.97 Å². The quantitative estimate of drug-likeness (QED) is 0.221. The zero-order valence-corrected chi connectivity index (χ0v) is 26.1. The first kappa shape index (κ1) is 30.5. The summed E-state index contributed by atoms with van der Waals surface area (Å²) in [4.78, 5) is 39.4. The molecule has 0 spiro atoms. The molecule has 3 heterocycles. The number of nitrogens with zero attached hydrogens (tertiary/aromatic N) is 5. The molecule has 10 nitrogen and oxygen atoms in total. The maximum Gasteiger partial charge on any atom is 0.251 e. The Labute approximate surface area is 260 Å². The predicted molar refractivity (Wildman–Crippen MR) is 170 cm³/mol. The minimum atomic E-state index is -0.0975. The molecule has 1 saturated heterocycles. The average Bonchev–Trinajstić information content (AvgIpc) is 3.48. The lowest BCUT2D eigenvalue weighted by molar-refractivity contribution is -0.129. The molecular weight excluding hydrogens is 583 g/mol. The van der Waals surface area contributed by atoms with Crippen molar-refractivity contribution in [3.8, 4) is 11.5 Å². The number of hydrogen-bond acceptors (Lipinski definition) is 10. The maximum atomic E-state index is 12.5. The number of carbonyl (C=O) groups is 2. The highest BCUT2D eigenvalue weighted by Gasteiger charge is 2.25. The molecule has 0 atom stereocenters. The summed E-state index contributed by atoms with van der Waals surface area (Å²) >= 11 is 2.81. The summed E-state index contributed by atoms with van der Waals surface area (Å²) < 4.78 is 10.7. The van der Waals surface area contributed by atoms with Gasteiger partial charge in [0.1, 0.15) is 23.1 Å². The van der Waals surface area contributed by atoms with Gasteiger partial charge in [0, 0.05) is 67.1 Å². The lowest BCUT2D eigenvalue weighted by Gasteiger charge is -2.29. The number of ether oxygens (including phenoxy) is 1. The molecule has 0 radical (unpaired) electrons. The van der Waals surface area contributed by atoms with Gasteiger partial charge in [0.2, 0.25) is 11.0 Å².